The second-order valence-corrected chi connectivity index (χ2v) is 4.29. The van der Waals surface area contributed by atoms with Crippen LogP contribution in [0.15, 0.2) is 35.4 Å². The predicted molar refractivity (Wildman–Crippen MR) is 68.7 cm³/mol. The van der Waals surface area contributed by atoms with Crippen LogP contribution in [0.1, 0.15) is 11.1 Å². The van der Waals surface area contributed by atoms with Crippen LogP contribution in [0, 0.1) is 6.92 Å². The van der Waals surface area contributed by atoms with Crippen LogP contribution in [0.3, 0.4) is 0 Å². The first-order valence-corrected chi connectivity index (χ1v) is 6.05. The highest BCUT2D eigenvalue weighted by Crippen LogP contribution is 2.11. The Hall–Kier alpha value is -0.930. The van der Waals surface area contributed by atoms with Crippen molar-refractivity contribution in [2.75, 3.05) is 12.9 Å². The van der Waals surface area contributed by atoms with Gasteiger partial charge in [0.2, 0.25) is 0 Å². The number of benzene rings is 1. The van der Waals surface area contributed by atoms with E-state index in [4.69, 9.17) is 5.73 Å². The van der Waals surface area contributed by atoms with Crippen molar-refractivity contribution in [1.29, 1.82) is 0 Å². The molecule has 82 valence electrons. The van der Waals surface area contributed by atoms with Crippen LogP contribution in [0.25, 0.3) is 0 Å². The van der Waals surface area contributed by atoms with E-state index in [-0.39, 0.29) is 0 Å². The molecule has 0 aliphatic carbocycles. The quantitative estimate of drug-likeness (QED) is 0.750. The summed E-state index contributed by atoms with van der Waals surface area (Å²) in [6.07, 6.45) is 0.936. The summed E-state index contributed by atoms with van der Waals surface area (Å²) in [4.78, 5) is 0. The van der Waals surface area contributed by atoms with Gasteiger partial charge in [0.05, 0.1) is 0 Å². The minimum atomic E-state index is 0.624. The Morgan fingerprint density at radius 3 is 2.93 bits per heavy atom. The van der Waals surface area contributed by atoms with Crippen molar-refractivity contribution in [2.24, 2.45) is 5.73 Å². The molecule has 2 nitrogen and oxygen atoms in total. The highest BCUT2D eigenvalue weighted by Gasteiger charge is 1.97. The molecule has 0 unspecified atom stereocenters. The molecule has 0 fully saturated rings. The summed E-state index contributed by atoms with van der Waals surface area (Å²) >= 11 is 1.62. The summed E-state index contributed by atoms with van der Waals surface area (Å²) in [5.74, 6) is 0.624. The second-order valence-electron chi connectivity index (χ2n) is 3.39. The van der Waals surface area contributed by atoms with E-state index in [2.05, 4.69) is 41.9 Å². The fourth-order valence-corrected chi connectivity index (χ4v) is 1.88. The van der Waals surface area contributed by atoms with Gasteiger partial charge in [-0.1, -0.05) is 29.8 Å². The molecular formula is C12H18N2S. The molecule has 0 bridgehead atoms. The summed E-state index contributed by atoms with van der Waals surface area (Å²) in [7, 11) is 1.94. The minimum absolute atomic E-state index is 0.624. The van der Waals surface area contributed by atoms with Crippen LogP contribution in [0.4, 0.5) is 0 Å². The van der Waals surface area contributed by atoms with Crippen molar-refractivity contribution in [3.05, 3.63) is 46.5 Å². The molecule has 15 heavy (non-hydrogen) atoms. The fraction of sp³-hybridized carbons (Fsp3) is 0.333. The topological polar surface area (TPSA) is 38.0 Å². The highest BCUT2D eigenvalue weighted by atomic mass is 32.2. The number of thioether (sulfide) groups is 1. The molecule has 3 N–H and O–H groups in total. The smallest absolute Gasteiger partial charge is 0.0435 e. The van der Waals surface area contributed by atoms with Gasteiger partial charge in [-0.3, -0.25) is 0 Å². The molecule has 1 aromatic carbocycles. The first-order valence-electron chi connectivity index (χ1n) is 5.00. The van der Waals surface area contributed by atoms with Gasteiger partial charge in [-0.15, -0.1) is 11.8 Å². The molecule has 0 saturated carbocycles. The van der Waals surface area contributed by atoms with Gasteiger partial charge in [0.1, 0.15) is 0 Å². The number of nitrogens with one attached hydrogen (secondary N) is 1. The lowest BCUT2D eigenvalue weighted by Gasteiger charge is -2.07. The molecule has 0 aliphatic rings. The van der Waals surface area contributed by atoms with Gasteiger partial charge in [0, 0.05) is 25.0 Å². The maximum Gasteiger partial charge on any atom is 0.0435 e. The van der Waals surface area contributed by atoms with Gasteiger partial charge in [-0.05, 0) is 17.9 Å². The first kappa shape index (κ1) is 12.1. The summed E-state index contributed by atoms with van der Waals surface area (Å²) < 4.78 is 0. The Morgan fingerprint density at radius 1 is 1.53 bits per heavy atom. The Balaban J connectivity index is 2.66. The van der Waals surface area contributed by atoms with Crippen molar-refractivity contribution in [1.82, 2.24) is 5.32 Å². The van der Waals surface area contributed by atoms with E-state index in [0.717, 1.165) is 6.42 Å². The van der Waals surface area contributed by atoms with E-state index in [9.17, 15) is 0 Å². The predicted octanol–water partition coefficient (Wildman–Crippen LogP) is 2.25. The summed E-state index contributed by atoms with van der Waals surface area (Å²) in [5, 5.41) is 5.28. The standard InChI is InChI=1S/C12H18N2S/c1-10-4-3-5-11(6-10)7-12(14-2)8-15-9-13/h3-6,8,14H,7,9,13H2,1-2H3/b12-8-. The van der Waals surface area contributed by atoms with Gasteiger partial charge >= 0.3 is 0 Å². The number of hydrogen-bond acceptors (Lipinski definition) is 3. The molecule has 1 rings (SSSR count). The number of allylic oxidation sites excluding steroid dienone is 1. The SMILES string of the molecule is CN/C(=C\SCN)Cc1cccc(C)c1. The Bertz CT molecular complexity index is 334. The monoisotopic (exact) mass is 222 g/mol. The molecule has 0 spiro atoms. The van der Waals surface area contributed by atoms with Crippen molar-refractivity contribution in [3.8, 4) is 0 Å². The molecule has 0 atom stereocenters. The van der Waals surface area contributed by atoms with Crippen molar-refractivity contribution in [3.63, 3.8) is 0 Å². The lowest BCUT2D eigenvalue weighted by atomic mass is 10.1. The van der Waals surface area contributed by atoms with Crippen LogP contribution < -0.4 is 11.1 Å². The van der Waals surface area contributed by atoms with Crippen molar-refractivity contribution < 1.29 is 0 Å². The summed E-state index contributed by atoms with van der Waals surface area (Å²) in [6.45, 7) is 2.11. The van der Waals surface area contributed by atoms with Crippen LogP contribution in [-0.2, 0) is 6.42 Å². The molecule has 0 radical (unpaired) electrons. The number of hydrogen-bond donors (Lipinski definition) is 2. The maximum absolute atomic E-state index is 5.44. The Morgan fingerprint density at radius 2 is 2.33 bits per heavy atom. The van der Waals surface area contributed by atoms with Gasteiger partial charge < -0.3 is 11.1 Å². The zero-order valence-corrected chi connectivity index (χ0v) is 10.1. The zero-order chi connectivity index (χ0) is 11.1. The lowest BCUT2D eigenvalue weighted by Crippen LogP contribution is -2.08. The minimum Gasteiger partial charge on any atom is -0.391 e. The maximum atomic E-state index is 5.44. The number of aryl methyl sites for hydroxylation is 1. The average Bonchev–Trinajstić information content (AvgIpc) is 2.24. The number of likely N-dealkylation sites (N-methyl/N-ethyl adjacent to an activating group) is 1. The van der Waals surface area contributed by atoms with Crippen LogP contribution >= 0.6 is 11.8 Å². The van der Waals surface area contributed by atoms with E-state index in [1.807, 2.05) is 7.05 Å². The van der Waals surface area contributed by atoms with Gasteiger partial charge in [-0.25, -0.2) is 0 Å². The number of rotatable bonds is 5. The fourth-order valence-electron chi connectivity index (χ4n) is 1.38. The lowest BCUT2D eigenvalue weighted by molar-refractivity contribution is 0.925. The Labute approximate surface area is 95.9 Å². The van der Waals surface area contributed by atoms with Crippen LogP contribution in [-0.4, -0.2) is 12.9 Å². The van der Waals surface area contributed by atoms with E-state index in [0.29, 0.717) is 5.88 Å². The third kappa shape index (κ3) is 4.40. The van der Waals surface area contributed by atoms with E-state index >= 15 is 0 Å². The third-order valence-corrected chi connectivity index (χ3v) is 2.76. The second kappa shape index (κ2) is 6.53. The van der Waals surface area contributed by atoms with Gasteiger partial charge in [-0.2, -0.15) is 0 Å². The Kier molecular flexibility index (Phi) is 5.29. The van der Waals surface area contributed by atoms with Crippen molar-refractivity contribution >= 4 is 11.8 Å². The van der Waals surface area contributed by atoms with Gasteiger partial charge in [0.25, 0.3) is 0 Å². The molecule has 0 amide bonds. The largest absolute Gasteiger partial charge is 0.391 e. The molecule has 0 heterocycles. The number of nitrogens with two attached hydrogens (primary N) is 1. The normalized spacial score (nSPS) is 11.5. The van der Waals surface area contributed by atoms with Gasteiger partial charge in [0.15, 0.2) is 0 Å². The molecular weight excluding hydrogens is 204 g/mol. The summed E-state index contributed by atoms with van der Waals surface area (Å²) in [5.41, 5.74) is 9.27. The molecule has 0 aromatic heterocycles. The third-order valence-electron chi connectivity index (χ3n) is 2.12. The van der Waals surface area contributed by atoms with Crippen LogP contribution in [0.2, 0.25) is 0 Å². The van der Waals surface area contributed by atoms with E-state index < -0.39 is 0 Å². The highest BCUT2D eigenvalue weighted by molar-refractivity contribution is 8.02. The molecule has 0 aliphatic heterocycles. The molecule has 3 heteroatoms. The van der Waals surface area contributed by atoms with Crippen LogP contribution in [0.5, 0.6) is 0 Å². The van der Waals surface area contributed by atoms with E-state index in [1.165, 1.54) is 16.8 Å². The summed E-state index contributed by atoms with van der Waals surface area (Å²) in [6, 6.07) is 8.55. The van der Waals surface area contributed by atoms with Crippen molar-refractivity contribution in [2.45, 2.75) is 13.3 Å². The first-order chi connectivity index (χ1) is 7.26. The van der Waals surface area contributed by atoms with E-state index in [1.54, 1.807) is 11.8 Å². The average molecular weight is 222 g/mol. The molecule has 1 aromatic rings. The zero-order valence-electron chi connectivity index (χ0n) is 9.29. The molecule has 0 saturated heterocycles.